The van der Waals surface area contributed by atoms with E-state index in [4.69, 9.17) is 14.1 Å². The summed E-state index contributed by atoms with van der Waals surface area (Å²) in [6.07, 6.45) is 5.08. The molecule has 3 heterocycles. The molecule has 1 saturated carbocycles. The zero-order chi connectivity index (χ0) is 19.7. The molecule has 1 aromatic heterocycles. The average Bonchev–Trinajstić information content (AvgIpc) is 3.24. The van der Waals surface area contributed by atoms with E-state index in [2.05, 4.69) is 26.2 Å². The molecular formula is C22H32N4O3. The van der Waals surface area contributed by atoms with Gasteiger partial charge in [-0.3, -0.25) is 9.80 Å². The highest BCUT2D eigenvalue weighted by Crippen LogP contribution is 2.48. The van der Waals surface area contributed by atoms with Crippen molar-refractivity contribution in [3.05, 3.63) is 23.8 Å². The molecule has 0 radical (unpaired) electrons. The van der Waals surface area contributed by atoms with Gasteiger partial charge in [-0.2, -0.15) is 0 Å². The number of rotatable bonds is 5. The van der Waals surface area contributed by atoms with E-state index in [1.165, 1.54) is 31.2 Å². The largest absolute Gasteiger partial charge is 0.384 e. The monoisotopic (exact) mass is 400 g/mol. The lowest BCUT2D eigenvalue weighted by atomic mass is 9.61. The number of hydrogen-bond acceptors (Lipinski definition) is 7. The number of nitrogens with zero attached hydrogens (tertiary/aromatic N) is 4. The van der Waals surface area contributed by atoms with Gasteiger partial charge in [-0.05, 0) is 60.1 Å². The van der Waals surface area contributed by atoms with Crippen molar-refractivity contribution >= 4 is 11.0 Å². The van der Waals surface area contributed by atoms with Crippen LogP contribution in [0.25, 0.3) is 11.0 Å². The Morgan fingerprint density at radius 2 is 2.07 bits per heavy atom. The molecule has 1 aliphatic carbocycles. The van der Waals surface area contributed by atoms with Gasteiger partial charge in [-0.15, -0.1) is 0 Å². The minimum absolute atomic E-state index is 0.270. The first kappa shape index (κ1) is 19.4. The van der Waals surface area contributed by atoms with Crippen molar-refractivity contribution < 1.29 is 14.1 Å². The number of ether oxygens (including phenoxy) is 2. The van der Waals surface area contributed by atoms with E-state index in [0.717, 1.165) is 75.5 Å². The molecule has 158 valence electrons. The first-order valence-electron chi connectivity index (χ1n) is 11.0. The molecule has 29 heavy (non-hydrogen) atoms. The summed E-state index contributed by atoms with van der Waals surface area (Å²) in [7, 11) is 1.86. The molecule has 1 aromatic carbocycles. The number of methoxy groups -OCH3 is 1. The first-order chi connectivity index (χ1) is 14.3. The van der Waals surface area contributed by atoms with Gasteiger partial charge in [0.1, 0.15) is 11.0 Å². The highest BCUT2D eigenvalue weighted by atomic mass is 16.6. The number of likely N-dealkylation sites (tertiary alicyclic amines) is 1. The highest BCUT2D eigenvalue weighted by molar-refractivity contribution is 5.76. The zero-order valence-electron chi connectivity index (χ0n) is 17.4. The molecule has 5 rings (SSSR count). The molecule has 0 amide bonds. The summed E-state index contributed by atoms with van der Waals surface area (Å²) >= 11 is 0. The van der Waals surface area contributed by atoms with E-state index in [-0.39, 0.29) is 5.41 Å². The number of aromatic nitrogens is 2. The van der Waals surface area contributed by atoms with E-state index < -0.39 is 0 Å². The van der Waals surface area contributed by atoms with Gasteiger partial charge >= 0.3 is 0 Å². The Balaban J connectivity index is 1.30. The van der Waals surface area contributed by atoms with Gasteiger partial charge in [-0.25, -0.2) is 4.63 Å². The minimum atomic E-state index is 0.270. The zero-order valence-corrected chi connectivity index (χ0v) is 17.4. The molecule has 3 atom stereocenters. The standard InChI is InChI=1S/C22H32N4O3/c1-27-16-22-7-5-19(26-9-11-28-12-10-26)13-18(22)6-8-25(15-22)14-17-3-2-4-20-21(17)24-29-23-20/h2-4,18-19H,5-16H2,1H3/t18?,19?,22-/m0/s1. The summed E-state index contributed by atoms with van der Waals surface area (Å²) < 4.78 is 16.3. The molecule has 2 aliphatic heterocycles. The van der Waals surface area contributed by atoms with E-state index in [1.54, 1.807) is 0 Å². The third kappa shape index (κ3) is 3.81. The van der Waals surface area contributed by atoms with E-state index in [1.807, 2.05) is 19.2 Å². The Morgan fingerprint density at radius 1 is 1.17 bits per heavy atom. The second kappa shape index (κ2) is 8.30. The van der Waals surface area contributed by atoms with Crippen LogP contribution < -0.4 is 0 Å². The average molecular weight is 401 g/mol. The molecule has 2 aromatic rings. The summed E-state index contributed by atoms with van der Waals surface area (Å²) in [4.78, 5) is 5.26. The fourth-order valence-electron chi connectivity index (χ4n) is 6.01. The lowest BCUT2D eigenvalue weighted by molar-refractivity contribution is -0.0870. The van der Waals surface area contributed by atoms with Crippen LogP contribution in [0.1, 0.15) is 31.2 Å². The molecule has 2 saturated heterocycles. The smallest absolute Gasteiger partial charge is 0.139 e. The Morgan fingerprint density at radius 3 is 2.93 bits per heavy atom. The second-order valence-corrected chi connectivity index (χ2v) is 9.12. The van der Waals surface area contributed by atoms with Gasteiger partial charge in [0, 0.05) is 44.7 Å². The molecule has 0 bridgehead atoms. The number of benzene rings is 1. The number of morpholine rings is 1. The highest BCUT2D eigenvalue weighted by Gasteiger charge is 2.47. The van der Waals surface area contributed by atoms with Crippen LogP contribution in [0.3, 0.4) is 0 Å². The molecule has 7 nitrogen and oxygen atoms in total. The molecule has 0 spiro atoms. The molecule has 3 fully saturated rings. The van der Waals surface area contributed by atoms with Gasteiger partial charge < -0.3 is 9.47 Å². The van der Waals surface area contributed by atoms with Crippen LogP contribution in [0.15, 0.2) is 22.8 Å². The maximum Gasteiger partial charge on any atom is 0.139 e. The van der Waals surface area contributed by atoms with Gasteiger partial charge in [0.05, 0.1) is 19.8 Å². The molecule has 2 unspecified atom stereocenters. The molecule has 7 heteroatoms. The Bertz CT molecular complexity index is 821. The van der Waals surface area contributed by atoms with Crippen LogP contribution in [0.5, 0.6) is 0 Å². The van der Waals surface area contributed by atoms with Gasteiger partial charge in [0.15, 0.2) is 0 Å². The van der Waals surface area contributed by atoms with Gasteiger partial charge in [-0.1, -0.05) is 12.1 Å². The van der Waals surface area contributed by atoms with Crippen LogP contribution in [0, 0.1) is 11.3 Å². The van der Waals surface area contributed by atoms with Crippen molar-refractivity contribution in [1.82, 2.24) is 20.1 Å². The van der Waals surface area contributed by atoms with Crippen LogP contribution in [0.4, 0.5) is 0 Å². The van der Waals surface area contributed by atoms with Crippen LogP contribution >= 0.6 is 0 Å². The Hall–Kier alpha value is -1.54. The lowest BCUT2D eigenvalue weighted by Crippen LogP contribution is -2.56. The Kier molecular flexibility index (Phi) is 5.56. The summed E-state index contributed by atoms with van der Waals surface area (Å²) in [5, 5.41) is 8.12. The number of hydrogen-bond donors (Lipinski definition) is 0. The van der Waals surface area contributed by atoms with Crippen LogP contribution in [0.2, 0.25) is 0 Å². The Labute approximate surface area is 172 Å². The predicted molar refractivity (Wildman–Crippen MR) is 110 cm³/mol. The lowest BCUT2D eigenvalue weighted by Gasteiger charge is -2.54. The summed E-state index contributed by atoms with van der Waals surface area (Å²) in [5.74, 6) is 0.741. The van der Waals surface area contributed by atoms with Crippen LogP contribution in [-0.2, 0) is 16.0 Å². The van der Waals surface area contributed by atoms with Crippen molar-refractivity contribution in [1.29, 1.82) is 0 Å². The topological polar surface area (TPSA) is 63.9 Å². The number of piperidine rings is 1. The first-order valence-corrected chi connectivity index (χ1v) is 11.0. The maximum atomic E-state index is 5.78. The predicted octanol–water partition coefficient (Wildman–Crippen LogP) is 2.56. The fraction of sp³-hybridized carbons (Fsp3) is 0.727. The van der Waals surface area contributed by atoms with Crippen molar-refractivity contribution in [2.45, 2.75) is 38.3 Å². The fourth-order valence-corrected chi connectivity index (χ4v) is 6.01. The molecular weight excluding hydrogens is 368 g/mol. The summed E-state index contributed by atoms with van der Waals surface area (Å²) in [6.45, 7) is 7.96. The van der Waals surface area contributed by atoms with Crippen LogP contribution in [-0.4, -0.2) is 79.3 Å². The quantitative estimate of drug-likeness (QED) is 0.764. The SMILES string of the molecule is COC[C@@]12CCC(N3CCOCC3)CC1CCN(Cc1cccc3nonc13)C2. The van der Waals surface area contributed by atoms with E-state index in [9.17, 15) is 0 Å². The van der Waals surface area contributed by atoms with E-state index in [0.29, 0.717) is 0 Å². The van der Waals surface area contributed by atoms with Crippen molar-refractivity contribution in [2.75, 3.05) is 53.1 Å². The van der Waals surface area contributed by atoms with Crippen molar-refractivity contribution in [2.24, 2.45) is 11.3 Å². The second-order valence-electron chi connectivity index (χ2n) is 9.12. The number of fused-ring (bicyclic) bond motifs is 2. The normalized spacial score (nSPS) is 31.8. The third-order valence-corrected chi connectivity index (χ3v) is 7.49. The van der Waals surface area contributed by atoms with E-state index >= 15 is 0 Å². The maximum absolute atomic E-state index is 5.78. The van der Waals surface area contributed by atoms with Gasteiger partial charge in [0.2, 0.25) is 0 Å². The molecule has 3 aliphatic rings. The van der Waals surface area contributed by atoms with Crippen molar-refractivity contribution in [3.63, 3.8) is 0 Å². The minimum Gasteiger partial charge on any atom is -0.384 e. The summed E-state index contributed by atoms with van der Waals surface area (Å²) in [6, 6.07) is 6.88. The van der Waals surface area contributed by atoms with Gasteiger partial charge in [0.25, 0.3) is 0 Å². The van der Waals surface area contributed by atoms with Crippen molar-refractivity contribution in [3.8, 4) is 0 Å². The third-order valence-electron chi connectivity index (χ3n) is 7.49. The summed E-state index contributed by atoms with van der Waals surface area (Å²) in [5.41, 5.74) is 3.21. The molecule has 0 N–H and O–H groups in total.